The molecule has 0 aliphatic carbocycles. The van der Waals surface area contributed by atoms with Crippen LogP contribution in [0.1, 0.15) is 50.2 Å². The number of hydrogen-bond acceptors (Lipinski definition) is 2. The monoisotopic (exact) mass is 328 g/mol. The molecule has 2 aliphatic rings. The highest BCUT2D eigenvalue weighted by Crippen LogP contribution is 2.49. The molecular weight excluding hydrogens is 296 g/mol. The first-order valence-corrected chi connectivity index (χ1v) is 9.42. The summed E-state index contributed by atoms with van der Waals surface area (Å²) in [5.74, 6) is 1.40. The van der Waals surface area contributed by atoms with E-state index in [9.17, 15) is 4.79 Å². The fourth-order valence-electron chi connectivity index (χ4n) is 4.75. The summed E-state index contributed by atoms with van der Waals surface area (Å²) >= 11 is 0. The number of amides is 1. The maximum Gasteiger partial charge on any atom is 0.222 e. The second kappa shape index (κ2) is 6.87. The molecule has 24 heavy (non-hydrogen) atoms. The van der Waals surface area contributed by atoms with Crippen LogP contribution in [0, 0.1) is 18.3 Å². The summed E-state index contributed by atoms with van der Waals surface area (Å²) in [5.41, 5.74) is 3.18. The van der Waals surface area contributed by atoms with Gasteiger partial charge in [-0.25, -0.2) is 0 Å². The van der Waals surface area contributed by atoms with Crippen LogP contribution < -0.4 is 0 Å². The maximum atomic E-state index is 12.4. The lowest BCUT2D eigenvalue weighted by Crippen LogP contribution is -2.46. The minimum Gasteiger partial charge on any atom is -0.343 e. The largest absolute Gasteiger partial charge is 0.343 e. The smallest absolute Gasteiger partial charge is 0.222 e. The standard InChI is InChI=1S/C21H32N2O/c1-16(2)12-20(24)23-10-8-21(9-11-23)15-22(4)14-19(21)18-7-5-6-17(3)13-18/h5-7,13,16,19H,8-12,14-15H2,1-4H3. The molecule has 0 saturated carbocycles. The highest BCUT2D eigenvalue weighted by molar-refractivity contribution is 5.76. The molecule has 3 nitrogen and oxygen atoms in total. The van der Waals surface area contributed by atoms with Gasteiger partial charge in [0.2, 0.25) is 5.91 Å². The van der Waals surface area contributed by atoms with Crippen LogP contribution in [-0.4, -0.2) is 48.9 Å². The van der Waals surface area contributed by atoms with Gasteiger partial charge in [0.1, 0.15) is 0 Å². The van der Waals surface area contributed by atoms with Crippen LogP contribution in [0.4, 0.5) is 0 Å². The highest BCUT2D eigenvalue weighted by atomic mass is 16.2. The third kappa shape index (κ3) is 3.51. The molecule has 2 aliphatic heterocycles. The summed E-state index contributed by atoms with van der Waals surface area (Å²) in [5, 5.41) is 0. The van der Waals surface area contributed by atoms with Crippen molar-refractivity contribution in [2.24, 2.45) is 11.3 Å². The number of carbonyl (C=O) groups excluding carboxylic acids is 1. The Kier molecular flexibility index (Phi) is 5.00. The SMILES string of the molecule is Cc1cccc(C2CN(C)CC23CCN(C(=O)CC(C)C)CC3)c1. The van der Waals surface area contributed by atoms with E-state index in [1.165, 1.54) is 11.1 Å². The second-order valence-corrected chi connectivity index (χ2v) is 8.50. The Bertz CT molecular complexity index is 587. The van der Waals surface area contributed by atoms with Crippen LogP contribution in [0.3, 0.4) is 0 Å². The second-order valence-electron chi connectivity index (χ2n) is 8.50. The molecule has 1 aromatic rings. The number of likely N-dealkylation sites (N-methyl/N-ethyl adjacent to an activating group) is 1. The van der Waals surface area contributed by atoms with E-state index in [4.69, 9.17) is 0 Å². The number of carbonyl (C=O) groups is 1. The number of benzene rings is 1. The van der Waals surface area contributed by atoms with Crippen molar-refractivity contribution in [1.29, 1.82) is 0 Å². The van der Waals surface area contributed by atoms with Crippen molar-refractivity contribution in [2.75, 3.05) is 33.2 Å². The number of aryl methyl sites for hydroxylation is 1. The Labute approximate surface area is 147 Å². The maximum absolute atomic E-state index is 12.4. The van der Waals surface area contributed by atoms with E-state index in [2.05, 4.69) is 61.9 Å². The van der Waals surface area contributed by atoms with Gasteiger partial charge < -0.3 is 9.80 Å². The summed E-state index contributed by atoms with van der Waals surface area (Å²) in [4.78, 5) is 17.0. The zero-order valence-corrected chi connectivity index (χ0v) is 15.7. The van der Waals surface area contributed by atoms with Crippen molar-refractivity contribution in [1.82, 2.24) is 9.80 Å². The predicted octanol–water partition coefficient (Wildman–Crippen LogP) is 3.68. The predicted molar refractivity (Wildman–Crippen MR) is 99.1 cm³/mol. The molecule has 2 fully saturated rings. The molecule has 0 N–H and O–H groups in total. The van der Waals surface area contributed by atoms with Gasteiger partial charge in [-0.1, -0.05) is 43.7 Å². The molecule has 2 heterocycles. The number of hydrogen-bond donors (Lipinski definition) is 0. The van der Waals surface area contributed by atoms with E-state index >= 15 is 0 Å². The van der Waals surface area contributed by atoms with Gasteiger partial charge in [-0.3, -0.25) is 4.79 Å². The lowest BCUT2D eigenvalue weighted by atomic mass is 9.68. The van der Waals surface area contributed by atoms with E-state index in [1.807, 2.05) is 0 Å². The Balaban J connectivity index is 1.74. The van der Waals surface area contributed by atoms with E-state index in [0.717, 1.165) is 39.0 Å². The lowest BCUT2D eigenvalue weighted by Gasteiger charge is -2.43. The van der Waals surface area contributed by atoms with E-state index in [1.54, 1.807) is 0 Å². The Morgan fingerprint density at radius 3 is 2.62 bits per heavy atom. The molecule has 132 valence electrons. The van der Waals surface area contributed by atoms with Gasteiger partial charge in [-0.15, -0.1) is 0 Å². The van der Waals surface area contributed by atoms with Crippen LogP contribution in [0.2, 0.25) is 0 Å². The van der Waals surface area contributed by atoms with Crippen LogP contribution in [0.5, 0.6) is 0 Å². The normalized spacial score (nSPS) is 24.0. The van der Waals surface area contributed by atoms with Crippen molar-refractivity contribution < 1.29 is 4.79 Å². The van der Waals surface area contributed by atoms with Crippen molar-refractivity contribution in [3.8, 4) is 0 Å². The molecule has 1 atom stereocenters. The molecule has 3 rings (SSSR count). The summed E-state index contributed by atoms with van der Waals surface area (Å²) in [6, 6.07) is 9.04. The quantitative estimate of drug-likeness (QED) is 0.845. The van der Waals surface area contributed by atoms with Gasteiger partial charge in [-0.05, 0) is 43.7 Å². The fraction of sp³-hybridized carbons (Fsp3) is 0.667. The minimum absolute atomic E-state index is 0.344. The molecule has 0 radical (unpaired) electrons. The number of piperidine rings is 1. The van der Waals surface area contributed by atoms with Crippen LogP contribution in [-0.2, 0) is 4.79 Å². The van der Waals surface area contributed by atoms with Gasteiger partial charge in [0, 0.05) is 38.5 Å². The summed E-state index contributed by atoms with van der Waals surface area (Å²) in [6.07, 6.45) is 2.97. The molecule has 3 heteroatoms. The molecule has 2 saturated heterocycles. The van der Waals surface area contributed by atoms with Gasteiger partial charge in [0.15, 0.2) is 0 Å². The van der Waals surface area contributed by atoms with Gasteiger partial charge in [0.25, 0.3) is 0 Å². The molecule has 1 spiro atoms. The summed E-state index contributed by atoms with van der Waals surface area (Å²) < 4.78 is 0. The first kappa shape index (κ1) is 17.5. The summed E-state index contributed by atoms with van der Waals surface area (Å²) in [7, 11) is 2.24. The zero-order valence-electron chi connectivity index (χ0n) is 15.7. The third-order valence-electron chi connectivity index (χ3n) is 5.96. The molecule has 0 bridgehead atoms. The fourth-order valence-corrected chi connectivity index (χ4v) is 4.75. The topological polar surface area (TPSA) is 23.6 Å². The van der Waals surface area contributed by atoms with Crippen molar-refractivity contribution >= 4 is 5.91 Å². The van der Waals surface area contributed by atoms with Gasteiger partial charge in [-0.2, -0.15) is 0 Å². The molecule has 1 aromatic carbocycles. The van der Waals surface area contributed by atoms with Crippen LogP contribution >= 0.6 is 0 Å². The van der Waals surface area contributed by atoms with Crippen molar-refractivity contribution in [3.05, 3.63) is 35.4 Å². The lowest BCUT2D eigenvalue weighted by molar-refractivity contribution is -0.134. The number of rotatable bonds is 3. The van der Waals surface area contributed by atoms with Gasteiger partial charge in [0.05, 0.1) is 0 Å². The third-order valence-corrected chi connectivity index (χ3v) is 5.96. The zero-order chi connectivity index (χ0) is 17.3. The number of likely N-dealkylation sites (tertiary alicyclic amines) is 2. The average Bonchev–Trinajstić information content (AvgIpc) is 2.83. The molecule has 0 aromatic heterocycles. The van der Waals surface area contributed by atoms with Crippen LogP contribution in [0.25, 0.3) is 0 Å². The average molecular weight is 329 g/mol. The first-order valence-electron chi connectivity index (χ1n) is 9.42. The van der Waals surface area contributed by atoms with Crippen LogP contribution in [0.15, 0.2) is 24.3 Å². The Hall–Kier alpha value is -1.35. The minimum atomic E-state index is 0.344. The van der Waals surface area contributed by atoms with E-state index < -0.39 is 0 Å². The van der Waals surface area contributed by atoms with E-state index in [0.29, 0.717) is 29.6 Å². The molecule has 1 amide bonds. The summed E-state index contributed by atoms with van der Waals surface area (Å²) in [6.45, 7) is 10.6. The number of nitrogens with zero attached hydrogens (tertiary/aromatic N) is 2. The van der Waals surface area contributed by atoms with Crippen molar-refractivity contribution in [2.45, 2.75) is 46.0 Å². The van der Waals surface area contributed by atoms with E-state index in [-0.39, 0.29) is 0 Å². The Morgan fingerprint density at radius 1 is 1.29 bits per heavy atom. The first-order chi connectivity index (χ1) is 11.4. The Morgan fingerprint density at radius 2 is 2.00 bits per heavy atom. The molecular formula is C21H32N2O. The molecule has 1 unspecified atom stereocenters. The van der Waals surface area contributed by atoms with Crippen molar-refractivity contribution in [3.63, 3.8) is 0 Å². The highest BCUT2D eigenvalue weighted by Gasteiger charge is 2.47. The van der Waals surface area contributed by atoms with Gasteiger partial charge >= 0.3 is 0 Å².